The second-order valence-corrected chi connectivity index (χ2v) is 12.0. The summed E-state index contributed by atoms with van der Waals surface area (Å²) in [5.41, 5.74) is 0. The smallest absolute Gasteiger partial charge is 0.260 e. The Bertz CT molecular complexity index is 930. The third-order valence-corrected chi connectivity index (χ3v) is 11.5. The lowest BCUT2D eigenvalue weighted by molar-refractivity contribution is -0.172. The van der Waals surface area contributed by atoms with Gasteiger partial charge in [-0.05, 0) is 0 Å². The number of piperazine rings is 1. The molecule has 0 radical (unpaired) electrons. The quantitative estimate of drug-likeness (QED) is 0.370. The van der Waals surface area contributed by atoms with Crippen LogP contribution in [-0.2, 0) is 19.2 Å². The number of rotatable bonds is 0. The zero-order chi connectivity index (χ0) is 20.1. The highest BCUT2D eigenvalue weighted by Gasteiger charge is 2.78. The van der Waals surface area contributed by atoms with Crippen LogP contribution in [0, 0.1) is 11.8 Å². The lowest BCUT2D eigenvalue weighted by atomic mass is 9.79. The average Bonchev–Trinajstić information content (AvgIpc) is 3.22. The summed E-state index contributed by atoms with van der Waals surface area (Å²) in [6.45, 7) is 0. The summed E-state index contributed by atoms with van der Waals surface area (Å²) in [5, 5.41) is 30.2. The molecule has 5 aliphatic heterocycles. The molecule has 3 N–H and O–H groups in total. The standard InChI is InChI=1S/C18H18N2O7S2/c21-4-1-5-10(22)7-3(4)2-18(29-5)17(27)19-8-6-11(23)15(13(25)12(8)24)28-14(6)9(19)16(26)20(7)18/h3,5-10,12-15,22,24-25H,1-2H2/t3-,5+,6+,7-,8-,9?,10-,12+,13+,14-,15+,18+/m0/s1. The molecule has 29 heavy (non-hydrogen) atoms. The van der Waals surface area contributed by atoms with Crippen molar-refractivity contribution >= 4 is 46.9 Å². The number of nitrogens with zero attached hydrogens (tertiary/aromatic N) is 2. The Labute approximate surface area is 173 Å². The number of amides is 2. The molecule has 0 spiro atoms. The summed E-state index contributed by atoms with van der Waals surface area (Å²) >= 11 is 2.36. The van der Waals surface area contributed by atoms with Crippen LogP contribution < -0.4 is 0 Å². The van der Waals surface area contributed by atoms with Crippen LogP contribution in [0.5, 0.6) is 0 Å². The molecule has 5 bridgehead atoms. The molecule has 5 saturated heterocycles. The molecule has 9 nitrogen and oxygen atoms in total. The largest absolute Gasteiger partial charge is 0.390 e. The normalized spacial score (nSPS) is 58.9. The van der Waals surface area contributed by atoms with Gasteiger partial charge in [0.05, 0.1) is 29.4 Å². The Morgan fingerprint density at radius 2 is 1.76 bits per heavy atom. The number of hydrogen-bond donors (Lipinski definition) is 3. The molecule has 154 valence electrons. The van der Waals surface area contributed by atoms with E-state index in [0.29, 0.717) is 0 Å². The maximum Gasteiger partial charge on any atom is 0.260 e. The molecule has 0 aromatic rings. The number of hydrogen-bond acceptors (Lipinski definition) is 9. The zero-order valence-corrected chi connectivity index (χ0v) is 16.6. The Morgan fingerprint density at radius 3 is 2.52 bits per heavy atom. The van der Waals surface area contributed by atoms with Gasteiger partial charge < -0.3 is 25.1 Å². The van der Waals surface area contributed by atoms with Crippen LogP contribution >= 0.6 is 23.5 Å². The number of carbonyl (C=O) groups is 4. The molecule has 2 amide bonds. The van der Waals surface area contributed by atoms with Crippen molar-refractivity contribution < 1.29 is 34.5 Å². The topological polar surface area (TPSA) is 135 Å². The van der Waals surface area contributed by atoms with E-state index in [2.05, 4.69) is 0 Å². The fraction of sp³-hybridized carbons (Fsp3) is 0.778. The highest BCUT2D eigenvalue weighted by molar-refractivity contribution is 8.02. The molecule has 2 aliphatic carbocycles. The van der Waals surface area contributed by atoms with Crippen LogP contribution in [0.25, 0.3) is 0 Å². The van der Waals surface area contributed by atoms with Crippen molar-refractivity contribution in [3.05, 3.63) is 0 Å². The van der Waals surface area contributed by atoms with Crippen molar-refractivity contribution in [1.29, 1.82) is 0 Å². The number of aliphatic hydroxyl groups excluding tert-OH is 3. The molecule has 7 aliphatic rings. The van der Waals surface area contributed by atoms with Crippen molar-refractivity contribution in [1.82, 2.24) is 9.80 Å². The molecule has 1 unspecified atom stereocenters. The fourth-order valence-corrected chi connectivity index (χ4v) is 10.7. The first-order valence-electron chi connectivity index (χ1n) is 9.88. The molecular weight excluding hydrogens is 420 g/mol. The third-order valence-electron chi connectivity index (χ3n) is 8.13. The van der Waals surface area contributed by atoms with Crippen LogP contribution in [0.1, 0.15) is 12.8 Å². The van der Waals surface area contributed by atoms with E-state index in [-0.39, 0.29) is 36.2 Å². The first kappa shape index (κ1) is 17.5. The number of aliphatic hydroxyl groups is 3. The SMILES string of the molecule is O=C1[C@H]2[C@H]3[C@@H](O)[C@@H](O)[C@@H]1S[C@@H]2C1C(=O)N2[C@@H]4[C@@H](O)[C@H]5CC(=O)[C@@H]4C[C@@]2(S5)C(=O)N13. The van der Waals surface area contributed by atoms with E-state index in [1.165, 1.54) is 33.3 Å². The van der Waals surface area contributed by atoms with E-state index in [4.69, 9.17) is 0 Å². The Kier molecular flexibility index (Phi) is 3.03. The Balaban J connectivity index is 1.40. The van der Waals surface area contributed by atoms with Gasteiger partial charge in [0.2, 0.25) is 5.91 Å². The maximum atomic E-state index is 13.9. The van der Waals surface area contributed by atoms with E-state index in [9.17, 15) is 34.5 Å². The van der Waals surface area contributed by atoms with Gasteiger partial charge in [0.1, 0.15) is 24.0 Å². The van der Waals surface area contributed by atoms with E-state index in [1.54, 1.807) is 0 Å². The minimum atomic E-state index is -1.29. The zero-order valence-electron chi connectivity index (χ0n) is 15.0. The minimum absolute atomic E-state index is 0.0236. The van der Waals surface area contributed by atoms with Gasteiger partial charge in [0.25, 0.3) is 5.91 Å². The number of fused-ring (bicyclic) bond motifs is 5. The van der Waals surface area contributed by atoms with Crippen molar-refractivity contribution in [3.8, 4) is 0 Å². The molecular formula is C18H18N2O7S2. The van der Waals surface area contributed by atoms with Crippen molar-refractivity contribution in [2.75, 3.05) is 0 Å². The van der Waals surface area contributed by atoms with E-state index in [1.807, 2.05) is 0 Å². The lowest BCUT2D eigenvalue weighted by Gasteiger charge is -2.56. The maximum absolute atomic E-state index is 13.9. The van der Waals surface area contributed by atoms with E-state index >= 15 is 0 Å². The number of carbonyl (C=O) groups excluding carboxylic acids is 4. The summed E-state index contributed by atoms with van der Waals surface area (Å²) in [6, 6.07) is -2.53. The van der Waals surface area contributed by atoms with Gasteiger partial charge in [-0.15, -0.1) is 23.5 Å². The highest BCUT2D eigenvalue weighted by Crippen LogP contribution is 2.64. The monoisotopic (exact) mass is 438 g/mol. The molecule has 2 saturated carbocycles. The number of Topliss-reactive ketones (excluding diaryl/α,β-unsaturated/α-hetero) is 2. The molecule has 0 aromatic carbocycles. The fourth-order valence-electron chi connectivity index (χ4n) is 7.05. The molecule has 7 fully saturated rings. The number of ketones is 2. The highest BCUT2D eigenvalue weighted by atomic mass is 32.2. The summed E-state index contributed by atoms with van der Waals surface area (Å²) in [6.07, 6.45) is -3.08. The predicted molar refractivity (Wildman–Crippen MR) is 98.6 cm³/mol. The lowest BCUT2D eigenvalue weighted by Crippen LogP contribution is -2.76. The van der Waals surface area contributed by atoms with Crippen LogP contribution in [0.4, 0.5) is 0 Å². The minimum Gasteiger partial charge on any atom is -0.390 e. The Hall–Kier alpha value is -1.14. The number of thioether (sulfide) groups is 2. The van der Waals surface area contributed by atoms with Crippen molar-refractivity contribution in [2.24, 2.45) is 11.8 Å². The second kappa shape index (κ2) is 5.01. The Morgan fingerprint density at radius 1 is 1.00 bits per heavy atom. The van der Waals surface area contributed by atoms with E-state index < -0.39 is 68.9 Å². The summed E-state index contributed by atoms with van der Waals surface area (Å²) in [7, 11) is 0. The van der Waals surface area contributed by atoms with E-state index in [0.717, 1.165) is 0 Å². The molecule has 0 aromatic heterocycles. The van der Waals surface area contributed by atoms with Crippen molar-refractivity contribution in [3.63, 3.8) is 0 Å². The van der Waals surface area contributed by atoms with Gasteiger partial charge in [0.15, 0.2) is 10.7 Å². The molecule has 12 atom stereocenters. The van der Waals surface area contributed by atoms with Gasteiger partial charge >= 0.3 is 0 Å². The van der Waals surface area contributed by atoms with Gasteiger partial charge in [0, 0.05) is 29.3 Å². The van der Waals surface area contributed by atoms with Gasteiger partial charge in [-0.1, -0.05) is 0 Å². The molecule has 11 heteroatoms. The molecule has 7 rings (SSSR count). The van der Waals surface area contributed by atoms with Crippen LogP contribution in [-0.4, -0.2) is 106 Å². The van der Waals surface area contributed by atoms with Gasteiger partial charge in [-0.2, -0.15) is 0 Å². The van der Waals surface area contributed by atoms with Crippen LogP contribution in [0.15, 0.2) is 0 Å². The summed E-state index contributed by atoms with van der Waals surface area (Å²) < 4.78 is 0. The van der Waals surface area contributed by atoms with Crippen LogP contribution in [0.3, 0.4) is 0 Å². The third kappa shape index (κ3) is 1.63. The first-order valence-corrected chi connectivity index (χ1v) is 11.7. The summed E-state index contributed by atoms with van der Waals surface area (Å²) in [4.78, 5) is 54.5. The molecule has 5 heterocycles. The van der Waals surface area contributed by atoms with Gasteiger partial charge in [-0.3, -0.25) is 19.2 Å². The van der Waals surface area contributed by atoms with Gasteiger partial charge in [-0.25, -0.2) is 0 Å². The van der Waals surface area contributed by atoms with Crippen LogP contribution in [0.2, 0.25) is 0 Å². The average molecular weight is 438 g/mol. The van der Waals surface area contributed by atoms with Crippen molar-refractivity contribution in [2.45, 2.75) is 69.9 Å². The second-order valence-electron chi connectivity index (χ2n) is 9.19. The predicted octanol–water partition coefficient (Wildman–Crippen LogP) is -2.65. The summed E-state index contributed by atoms with van der Waals surface area (Å²) in [5.74, 6) is -2.19. The first-order chi connectivity index (χ1) is 13.8.